The molecule has 0 fully saturated rings. The Bertz CT molecular complexity index is 702. The van der Waals surface area contributed by atoms with Crippen LogP contribution in [0.4, 0.5) is 0 Å². The van der Waals surface area contributed by atoms with Crippen LogP contribution >= 0.6 is 0 Å². The number of hydrogen-bond acceptors (Lipinski definition) is 5. The molecule has 0 saturated carbocycles. The summed E-state index contributed by atoms with van der Waals surface area (Å²) in [6, 6.07) is 11.2. The molecule has 1 N–H and O–H groups in total. The summed E-state index contributed by atoms with van der Waals surface area (Å²) in [6.07, 6.45) is 1.43. The molecular formula is C17H15NO4. The van der Waals surface area contributed by atoms with E-state index in [1.54, 1.807) is 6.07 Å². The number of pyridine rings is 1. The third kappa shape index (κ3) is 4.08. The van der Waals surface area contributed by atoms with Crippen LogP contribution in [0.2, 0.25) is 0 Å². The number of aliphatic hydroxyl groups is 1. The van der Waals surface area contributed by atoms with Gasteiger partial charge in [-0.3, -0.25) is 0 Å². The zero-order chi connectivity index (χ0) is 15.8. The van der Waals surface area contributed by atoms with E-state index in [0.29, 0.717) is 17.9 Å². The van der Waals surface area contributed by atoms with Crippen LogP contribution in [0.25, 0.3) is 0 Å². The van der Waals surface area contributed by atoms with E-state index in [2.05, 4.69) is 16.8 Å². The average Bonchev–Trinajstić information content (AvgIpc) is 2.58. The Morgan fingerprint density at radius 2 is 2.09 bits per heavy atom. The van der Waals surface area contributed by atoms with Crippen molar-refractivity contribution in [1.29, 1.82) is 0 Å². The highest BCUT2D eigenvalue weighted by atomic mass is 16.5. The molecule has 1 aromatic heterocycles. The van der Waals surface area contributed by atoms with Gasteiger partial charge in [0.25, 0.3) is 0 Å². The van der Waals surface area contributed by atoms with Crippen molar-refractivity contribution >= 4 is 5.97 Å². The van der Waals surface area contributed by atoms with E-state index in [-0.39, 0.29) is 12.3 Å². The summed E-state index contributed by atoms with van der Waals surface area (Å²) >= 11 is 0. The molecule has 22 heavy (non-hydrogen) atoms. The van der Waals surface area contributed by atoms with Crippen LogP contribution in [0.3, 0.4) is 0 Å². The van der Waals surface area contributed by atoms with Gasteiger partial charge in [-0.1, -0.05) is 42.2 Å². The van der Waals surface area contributed by atoms with Gasteiger partial charge in [-0.2, -0.15) is 0 Å². The molecule has 0 unspecified atom stereocenters. The second kappa shape index (κ2) is 7.81. The lowest BCUT2D eigenvalue weighted by atomic mass is 10.2. The number of rotatable bonds is 4. The predicted octanol–water partition coefficient (Wildman–Crippen LogP) is 1.79. The van der Waals surface area contributed by atoms with E-state index in [4.69, 9.17) is 14.6 Å². The van der Waals surface area contributed by atoms with Crippen molar-refractivity contribution in [1.82, 2.24) is 4.98 Å². The highest BCUT2D eigenvalue weighted by molar-refractivity contribution is 5.90. The van der Waals surface area contributed by atoms with Gasteiger partial charge >= 0.3 is 5.97 Å². The Labute approximate surface area is 128 Å². The molecule has 2 rings (SSSR count). The lowest BCUT2D eigenvalue weighted by Gasteiger charge is -2.10. The molecule has 0 aliphatic carbocycles. The van der Waals surface area contributed by atoms with Crippen LogP contribution < -0.4 is 4.74 Å². The van der Waals surface area contributed by atoms with Crippen LogP contribution in [-0.2, 0) is 11.3 Å². The molecule has 1 aromatic carbocycles. The monoisotopic (exact) mass is 297 g/mol. The molecule has 0 radical (unpaired) electrons. The molecule has 0 atom stereocenters. The second-order valence-corrected chi connectivity index (χ2v) is 4.30. The van der Waals surface area contributed by atoms with E-state index in [9.17, 15) is 4.79 Å². The van der Waals surface area contributed by atoms with E-state index in [1.807, 2.05) is 30.3 Å². The van der Waals surface area contributed by atoms with Gasteiger partial charge < -0.3 is 14.6 Å². The number of ether oxygens (including phenoxy) is 2. The number of benzene rings is 1. The summed E-state index contributed by atoms with van der Waals surface area (Å²) in [6.45, 7) is 0.0440. The fourth-order valence-electron chi connectivity index (χ4n) is 1.75. The van der Waals surface area contributed by atoms with Crippen molar-refractivity contribution in [3.63, 3.8) is 0 Å². The number of aromatic nitrogens is 1. The van der Waals surface area contributed by atoms with Crippen molar-refractivity contribution < 1.29 is 19.4 Å². The predicted molar refractivity (Wildman–Crippen MR) is 80.3 cm³/mol. The molecule has 0 aliphatic heterocycles. The van der Waals surface area contributed by atoms with Crippen LogP contribution in [0.1, 0.15) is 21.6 Å². The van der Waals surface area contributed by atoms with Crippen molar-refractivity contribution in [3.05, 3.63) is 59.4 Å². The summed E-state index contributed by atoms with van der Waals surface area (Å²) in [5.41, 5.74) is 1.60. The van der Waals surface area contributed by atoms with E-state index in [1.165, 1.54) is 13.3 Å². The van der Waals surface area contributed by atoms with Gasteiger partial charge in [-0.25, -0.2) is 9.78 Å². The summed E-state index contributed by atoms with van der Waals surface area (Å²) in [7, 11) is 1.28. The summed E-state index contributed by atoms with van der Waals surface area (Å²) in [4.78, 5) is 15.8. The fourth-order valence-corrected chi connectivity index (χ4v) is 1.75. The molecule has 5 heteroatoms. The number of hydrogen-bond donors (Lipinski definition) is 1. The first kappa shape index (κ1) is 15.5. The Morgan fingerprint density at radius 1 is 1.32 bits per heavy atom. The topological polar surface area (TPSA) is 68.7 Å². The molecule has 2 aromatic rings. The third-order valence-corrected chi connectivity index (χ3v) is 2.78. The first-order valence-electron chi connectivity index (χ1n) is 6.59. The lowest BCUT2D eigenvalue weighted by molar-refractivity contribution is 0.0588. The first-order valence-corrected chi connectivity index (χ1v) is 6.59. The third-order valence-electron chi connectivity index (χ3n) is 2.78. The molecule has 0 amide bonds. The second-order valence-electron chi connectivity index (χ2n) is 4.30. The molecule has 112 valence electrons. The number of nitrogens with zero attached hydrogens (tertiary/aromatic N) is 1. The van der Waals surface area contributed by atoms with Gasteiger partial charge in [0, 0.05) is 11.8 Å². The maximum Gasteiger partial charge on any atom is 0.360 e. The van der Waals surface area contributed by atoms with Gasteiger partial charge in [-0.15, -0.1) is 0 Å². The van der Waals surface area contributed by atoms with Crippen LogP contribution in [0, 0.1) is 11.8 Å². The number of carbonyl (C=O) groups is 1. The Morgan fingerprint density at radius 3 is 2.77 bits per heavy atom. The number of aliphatic hydroxyl groups excluding tert-OH is 1. The maximum atomic E-state index is 11.7. The van der Waals surface area contributed by atoms with Crippen LogP contribution in [0.15, 0.2) is 42.6 Å². The number of carbonyl (C=O) groups excluding carboxylic acids is 1. The maximum absolute atomic E-state index is 11.7. The first-order chi connectivity index (χ1) is 10.7. The molecule has 1 heterocycles. The van der Waals surface area contributed by atoms with Gasteiger partial charge in [0.05, 0.1) is 7.11 Å². The smallest absolute Gasteiger partial charge is 0.360 e. The minimum atomic E-state index is -0.579. The average molecular weight is 297 g/mol. The summed E-state index contributed by atoms with van der Waals surface area (Å²) in [5.74, 6) is 4.96. The Balaban J connectivity index is 2.26. The van der Waals surface area contributed by atoms with E-state index >= 15 is 0 Å². The molecule has 0 bridgehead atoms. The lowest BCUT2D eigenvalue weighted by Crippen LogP contribution is -2.08. The quantitative estimate of drug-likeness (QED) is 0.688. The number of esters is 1. The standard InChI is InChI=1S/C17H15NO4/c1-21-17(20)16-15(10-14(11-18-16)8-5-9-19)22-12-13-6-3-2-4-7-13/h2-4,6-7,10-11,19H,9,12H2,1H3. The van der Waals surface area contributed by atoms with Crippen molar-refractivity contribution in [2.75, 3.05) is 13.7 Å². The molecule has 5 nitrogen and oxygen atoms in total. The zero-order valence-electron chi connectivity index (χ0n) is 12.1. The molecule has 0 saturated heterocycles. The van der Waals surface area contributed by atoms with Crippen LogP contribution in [-0.4, -0.2) is 29.8 Å². The highest BCUT2D eigenvalue weighted by Gasteiger charge is 2.15. The zero-order valence-corrected chi connectivity index (χ0v) is 12.1. The SMILES string of the molecule is COC(=O)c1ncc(C#CCO)cc1OCc1ccccc1. The van der Waals surface area contributed by atoms with Crippen molar-refractivity contribution in [2.24, 2.45) is 0 Å². The normalized spacial score (nSPS) is 9.55. The summed E-state index contributed by atoms with van der Waals surface area (Å²) < 4.78 is 10.4. The Hall–Kier alpha value is -2.84. The minimum Gasteiger partial charge on any atom is -0.486 e. The minimum absolute atomic E-state index is 0.0907. The molecular weight excluding hydrogens is 282 g/mol. The summed E-state index contributed by atoms with van der Waals surface area (Å²) in [5, 5.41) is 8.73. The van der Waals surface area contributed by atoms with Gasteiger partial charge in [0.2, 0.25) is 0 Å². The Kier molecular flexibility index (Phi) is 5.52. The molecule has 0 spiro atoms. The van der Waals surface area contributed by atoms with Crippen molar-refractivity contribution in [3.8, 4) is 17.6 Å². The fraction of sp³-hybridized carbons (Fsp3) is 0.176. The molecule has 0 aliphatic rings. The van der Waals surface area contributed by atoms with Gasteiger partial charge in [0.1, 0.15) is 13.2 Å². The van der Waals surface area contributed by atoms with Gasteiger partial charge in [0.15, 0.2) is 11.4 Å². The largest absolute Gasteiger partial charge is 0.486 e. The highest BCUT2D eigenvalue weighted by Crippen LogP contribution is 2.20. The van der Waals surface area contributed by atoms with Crippen molar-refractivity contribution in [2.45, 2.75) is 6.61 Å². The van der Waals surface area contributed by atoms with Crippen LogP contribution in [0.5, 0.6) is 5.75 Å². The van der Waals surface area contributed by atoms with Gasteiger partial charge in [-0.05, 0) is 11.6 Å². The van der Waals surface area contributed by atoms with E-state index in [0.717, 1.165) is 5.56 Å². The van der Waals surface area contributed by atoms with E-state index < -0.39 is 5.97 Å². The number of methoxy groups -OCH3 is 1.